The van der Waals surface area contributed by atoms with Crippen LogP contribution in [0.4, 0.5) is 5.69 Å². The van der Waals surface area contributed by atoms with Crippen LogP contribution in [0.3, 0.4) is 0 Å². The third kappa shape index (κ3) is 5.93. The molecule has 0 fully saturated rings. The van der Waals surface area contributed by atoms with Crippen molar-refractivity contribution in [1.29, 1.82) is 0 Å². The molecule has 0 amide bonds. The predicted octanol–water partition coefficient (Wildman–Crippen LogP) is 3.36. The van der Waals surface area contributed by atoms with Crippen LogP contribution in [-0.4, -0.2) is 32.8 Å². The summed E-state index contributed by atoms with van der Waals surface area (Å²) in [6.45, 7) is 12.2. The maximum Gasteiger partial charge on any atom is 0.0644 e. The largest absolute Gasteiger partial charge is 0.377 e. The summed E-state index contributed by atoms with van der Waals surface area (Å²) < 4.78 is 5.61. The Bertz CT molecular complexity index is 391. The summed E-state index contributed by atoms with van der Waals surface area (Å²) in [5.41, 5.74) is 3.97. The van der Waals surface area contributed by atoms with Crippen molar-refractivity contribution in [3.63, 3.8) is 0 Å². The van der Waals surface area contributed by atoms with E-state index in [-0.39, 0.29) is 0 Å². The standard InChI is InChI=1S/C17H30N2O/c1-6-9-18-13-16-7-8-17(15(4)12-16)19(5)10-11-20-14(2)3/h7-8,12,14,18H,6,9-11,13H2,1-5H3. The number of anilines is 1. The van der Waals surface area contributed by atoms with Crippen molar-refractivity contribution in [2.75, 3.05) is 31.6 Å². The van der Waals surface area contributed by atoms with Crippen molar-refractivity contribution < 1.29 is 4.74 Å². The molecule has 114 valence electrons. The van der Waals surface area contributed by atoms with E-state index in [1.165, 1.54) is 23.2 Å². The topological polar surface area (TPSA) is 24.5 Å². The molecule has 0 unspecified atom stereocenters. The van der Waals surface area contributed by atoms with Gasteiger partial charge < -0.3 is 15.0 Å². The Balaban J connectivity index is 2.53. The van der Waals surface area contributed by atoms with E-state index in [9.17, 15) is 0 Å². The maximum atomic E-state index is 5.61. The number of benzene rings is 1. The number of rotatable bonds is 9. The molecule has 0 saturated heterocycles. The number of nitrogens with zero attached hydrogens (tertiary/aromatic N) is 1. The highest BCUT2D eigenvalue weighted by Crippen LogP contribution is 2.20. The van der Waals surface area contributed by atoms with E-state index in [1.54, 1.807) is 0 Å². The Morgan fingerprint density at radius 1 is 1.30 bits per heavy atom. The van der Waals surface area contributed by atoms with Gasteiger partial charge in [0.05, 0.1) is 12.7 Å². The first-order valence-corrected chi connectivity index (χ1v) is 7.67. The lowest BCUT2D eigenvalue weighted by Gasteiger charge is -2.22. The maximum absolute atomic E-state index is 5.61. The van der Waals surface area contributed by atoms with E-state index >= 15 is 0 Å². The Morgan fingerprint density at radius 3 is 2.65 bits per heavy atom. The summed E-state index contributed by atoms with van der Waals surface area (Å²) in [5.74, 6) is 0. The number of aryl methyl sites for hydroxylation is 1. The minimum atomic E-state index is 0.302. The lowest BCUT2D eigenvalue weighted by Crippen LogP contribution is -2.24. The van der Waals surface area contributed by atoms with Gasteiger partial charge in [-0.25, -0.2) is 0 Å². The van der Waals surface area contributed by atoms with Gasteiger partial charge in [0.15, 0.2) is 0 Å². The molecule has 20 heavy (non-hydrogen) atoms. The van der Waals surface area contributed by atoms with Crippen LogP contribution in [0, 0.1) is 6.92 Å². The molecule has 1 N–H and O–H groups in total. The molecule has 0 aromatic heterocycles. The monoisotopic (exact) mass is 278 g/mol. The fraction of sp³-hybridized carbons (Fsp3) is 0.647. The SMILES string of the molecule is CCCNCc1ccc(N(C)CCOC(C)C)c(C)c1. The van der Waals surface area contributed by atoms with Crippen molar-refractivity contribution in [2.24, 2.45) is 0 Å². The normalized spacial score (nSPS) is 11.1. The average Bonchev–Trinajstić information content (AvgIpc) is 2.38. The lowest BCUT2D eigenvalue weighted by atomic mass is 10.1. The van der Waals surface area contributed by atoms with E-state index in [1.807, 2.05) is 0 Å². The summed E-state index contributed by atoms with van der Waals surface area (Å²) in [6.07, 6.45) is 1.48. The quantitative estimate of drug-likeness (QED) is 0.701. The van der Waals surface area contributed by atoms with Crippen LogP contribution >= 0.6 is 0 Å². The van der Waals surface area contributed by atoms with Gasteiger partial charge in [-0.1, -0.05) is 19.1 Å². The van der Waals surface area contributed by atoms with Gasteiger partial charge in [-0.3, -0.25) is 0 Å². The molecular formula is C17H30N2O. The Morgan fingerprint density at radius 2 is 2.05 bits per heavy atom. The van der Waals surface area contributed by atoms with E-state index in [0.29, 0.717) is 6.10 Å². The van der Waals surface area contributed by atoms with E-state index < -0.39 is 0 Å². The molecule has 0 saturated carbocycles. The zero-order valence-electron chi connectivity index (χ0n) is 13.7. The van der Waals surface area contributed by atoms with Crippen molar-refractivity contribution in [3.8, 4) is 0 Å². The smallest absolute Gasteiger partial charge is 0.0644 e. The van der Waals surface area contributed by atoms with E-state index in [0.717, 1.165) is 26.2 Å². The minimum Gasteiger partial charge on any atom is -0.377 e. The summed E-state index contributed by atoms with van der Waals surface area (Å²) in [4.78, 5) is 2.26. The molecule has 1 aromatic carbocycles. The summed E-state index contributed by atoms with van der Waals surface area (Å²) >= 11 is 0. The number of likely N-dealkylation sites (N-methyl/N-ethyl adjacent to an activating group) is 1. The molecular weight excluding hydrogens is 248 g/mol. The van der Waals surface area contributed by atoms with Gasteiger partial charge in [-0.05, 0) is 50.9 Å². The van der Waals surface area contributed by atoms with E-state index in [4.69, 9.17) is 4.74 Å². The zero-order valence-corrected chi connectivity index (χ0v) is 13.7. The van der Waals surface area contributed by atoms with Gasteiger partial charge in [0.2, 0.25) is 0 Å². The van der Waals surface area contributed by atoms with Gasteiger partial charge in [0.25, 0.3) is 0 Å². The van der Waals surface area contributed by atoms with Gasteiger partial charge in [-0.2, -0.15) is 0 Å². The first kappa shape index (κ1) is 17.0. The highest BCUT2D eigenvalue weighted by Gasteiger charge is 2.06. The van der Waals surface area contributed by atoms with Gasteiger partial charge in [0.1, 0.15) is 0 Å². The Labute approximate surface area is 124 Å². The van der Waals surface area contributed by atoms with Crippen LogP contribution < -0.4 is 10.2 Å². The first-order chi connectivity index (χ1) is 9.54. The molecule has 3 nitrogen and oxygen atoms in total. The van der Waals surface area contributed by atoms with Crippen molar-refractivity contribution in [2.45, 2.75) is 46.8 Å². The molecule has 1 aromatic rings. The Hall–Kier alpha value is -1.06. The van der Waals surface area contributed by atoms with Crippen molar-refractivity contribution in [3.05, 3.63) is 29.3 Å². The van der Waals surface area contributed by atoms with Crippen LogP contribution in [0.15, 0.2) is 18.2 Å². The van der Waals surface area contributed by atoms with Gasteiger partial charge >= 0.3 is 0 Å². The summed E-state index contributed by atoms with van der Waals surface area (Å²) in [5, 5.41) is 3.44. The molecule has 0 heterocycles. The predicted molar refractivity (Wildman–Crippen MR) is 87.5 cm³/mol. The van der Waals surface area contributed by atoms with Crippen molar-refractivity contribution in [1.82, 2.24) is 5.32 Å². The minimum absolute atomic E-state index is 0.302. The highest BCUT2D eigenvalue weighted by molar-refractivity contribution is 5.53. The van der Waals surface area contributed by atoms with Crippen LogP contribution in [0.25, 0.3) is 0 Å². The molecule has 1 rings (SSSR count). The van der Waals surface area contributed by atoms with E-state index in [2.05, 4.69) is 63.2 Å². The molecule has 3 heteroatoms. The number of hydrogen-bond donors (Lipinski definition) is 1. The summed E-state index contributed by atoms with van der Waals surface area (Å²) in [7, 11) is 2.13. The van der Waals surface area contributed by atoms with Gasteiger partial charge in [-0.15, -0.1) is 0 Å². The second-order valence-corrected chi connectivity index (χ2v) is 5.64. The fourth-order valence-corrected chi connectivity index (χ4v) is 2.21. The Kier molecular flexibility index (Phi) is 7.63. The molecule has 0 bridgehead atoms. The number of hydrogen-bond acceptors (Lipinski definition) is 3. The van der Waals surface area contributed by atoms with Crippen molar-refractivity contribution >= 4 is 5.69 Å². The zero-order chi connectivity index (χ0) is 15.0. The third-order valence-corrected chi connectivity index (χ3v) is 3.31. The van der Waals surface area contributed by atoms with Crippen LogP contribution in [0.2, 0.25) is 0 Å². The fourth-order valence-electron chi connectivity index (χ4n) is 2.21. The first-order valence-electron chi connectivity index (χ1n) is 7.67. The lowest BCUT2D eigenvalue weighted by molar-refractivity contribution is 0.0846. The van der Waals surface area contributed by atoms with Crippen LogP contribution in [0.1, 0.15) is 38.3 Å². The third-order valence-electron chi connectivity index (χ3n) is 3.31. The second-order valence-electron chi connectivity index (χ2n) is 5.64. The highest BCUT2D eigenvalue weighted by atomic mass is 16.5. The summed E-state index contributed by atoms with van der Waals surface area (Å²) in [6, 6.07) is 6.70. The average molecular weight is 278 g/mol. The molecule has 0 aliphatic carbocycles. The van der Waals surface area contributed by atoms with Gasteiger partial charge in [0, 0.05) is 25.8 Å². The molecule has 0 aliphatic heterocycles. The molecule has 0 aliphatic rings. The number of nitrogens with one attached hydrogen (secondary N) is 1. The molecule has 0 radical (unpaired) electrons. The molecule has 0 atom stereocenters. The molecule has 0 spiro atoms. The second kappa shape index (κ2) is 8.98. The van der Waals surface area contributed by atoms with Crippen LogP contribution in [0.5, 0.6) is 0 Å². The number of ether oxygens (including phenoxy) is 1. The van der Waals surface area contributed by atoms with Crippen LogP contribution in [-0.2, 0) is 11.3 Å².